The van der Waals surface area contributed by atoms with Crippen LogP contribution in [0.2, 0.25) is 0 Å². The molecule has 8 heteroatoms. The number of amides is 1. The van der Waals surface area contributed by atoms with Gasteiger partial charge in [-0.05, 0) is 64.0 Å². The van der Waals surface area contributed by atoms with Gasteiger partial charge in [-0.25, -0.2) is 8.42 Å². The number of carbonyl (C=O) groups excluding carboxylic acids is 1. The van der Waals surface area contributed by atoms with Crippen LogP contribution < -0.4 is 15.4 Å². The van der Waals surface area contributed by atoms with Crippen LogP contribution in [0.5, 0.6) is 5.75 Å². The van der Waals surface area contributed by atoms with Crippen molar-refractivity contribution in [1.29, 1.82) is 0 Å². The Bertz CT molecular complexity index is 668. The molecule has 0 atom stereocenters. The lowest BCUT2D eigenvalue weighted by Gasteiger charge is -2.30. The van der Waals surface area contributed by atoms with Gasteiger partial charge in [0.2, 0.25) is 15.9 Å². The molecule has 1 aromatic carbocycles. The zero-order valence-corrected chi connectivity index (χ0v) is 16.3. The summed E-state index contributed by atoms with van der Waals surface area (Å²) in [4.78, 5) is 12.4. The van der Waals surface area contributed by atoms with Crippen molar-refractivity contribution in [3.63, 3.8) is 0 Å². The van der Waals surface area contributed by atoms with E-state index in [2.05, 4.69) is 10.6 Å². The monoisotopic (exact) mass is 383 g/mol. The van der Waals surface area contributed by atoms with Gasteiger partial charge in [0.15, 0.2) is 0 Å². The number of piperidine rings is 1. The second kappa shape index (κ2) is 9.89. The van der Waals surface area contributed by atoms with E-state index in [0.717, 1.165) is 13.0 Å². The van der Waals surface area contributed by atoms with E-state index in [-0.39, 0.29) is 16.7 Å². The van der Waals surface area contributed by atoms with Crippen LogP contribution in [0.15, 0.2) is 29.2 Å². The maximum Gasteiger partial charge on any atom is 0.243 e. The van der Waals surface area contributed by atoms with Gasteiger partial charge in [-0.2, -0.15) is 4.31 Å². The molecule has 1 amide bonds. The molecule has 0 bridgehead atoms. The third-order valence-electron chi connectivity index (χ3n) is 4.50. The molecule has 0 unspecified atom stereocenters. The average Bonchev–Trinajstić information content (AvgIpc) is 2.66. The zero-order chi connectivity index (χ0) is 19.0. The number of nitrogens with zero attached hydrogens (tertiary/aromatic N) is 1. The summed E-state index contributed by atoms with van der Waals surface area (Å²) in [7, 11) is -1.65. The van der Waals surface area contributed by atoms with E-state index in [4.69, 9.17) is 4.74 Å². The Morgan fingerprint density at radius 2 is 1.85 bits per heavy atom. The summed E-state index contributed by atoms with van der Waals surface area (Å²) in [6, 6.07) is 6.48. The van der Waals surface area contributed by atoms with E-state index in [1.807, 2.05) is 14.0 Å². The van der Waals surface area contributed by atoms with Gasteiger partial charge in [0.1, 0.15) is 5.75 Å². The number of hydrogen-bond acceptors (Lipinski definition) is 5. The first-order chi connectivity index (χ1) is 12.5. The molecule has 0 saturated carbocycles. The van der Waals surface area contributed by atoms with Gasteiger partial charge in [0.05, 0.1) is 11.5 Å². The predicted molar refractivity (Wildman–Crippen MR) is 101 cm³/mol. The van der Waals surface area contributed by atoms with Crippen LogP contribution >= 0.6 is 0 Å². The molecule has 7 nitrogen and oxygen atoms in total. The van der Waals surface area contributed by atoms with Crippen LogP contribution in [-0.2, 0) is 14.8 Å². The van der Waals surface area contributed by atoms with Crippen LogP contribution in [0.4, 0.5) is 0 Å². The van der Waals surface area contributed by atoms with Gasteiger partial charge in [-0.1, -0.05) is 0 Å². The SMILES string of the molecule is CCOc1ccc(S(=O)(=O)N2CCC(C(=O)NCCCNC)CC2)cc1. The standard InChI is InChI=1S/C18H29N3O4S/c1-3-25-16-5-7-17(8-6-16)26(23,24)21-13-9-15(10-14-21)18(22)20-12-4-11-19-2/h5-8,15,19H,3-4,9-14H2,1-2H3,(H,20,22). The maximum absolute atomic E-state index is 12.8. The molecule has 146 valence electrons. The minimum Gasteiger partial charge on any atom is -0.494 e. The fraction of sp³-hybridized carbons (Fsp3) is 0.611. The van der Waals surface area contributed by atoms with Crippen molar-refractivity contribution in [2.75, 3.05) is 39.8 Å². The molecular formula is C18H29N3O4S. The highest BCUT2D eigenvalue weighted by Crippen LogP contribution is 2.25. The van der Waals surface area contributed by atoms with Crippen molar-refractivity contribution < 1.29 is 17.9 Å². The number of ether oxygens (including phenoxy) is 1. The summed E-state index contributed by atoms with van der Waals surface area (Å²) < 4.78 is 32.3. The Balaban J connectivity index is 1.88. The highest BCUT2D eigenvalue weighted by atomic mass is 32.2. The lowest BCUT2D eigenvalue weighted by molar-refractivity contribution is -0.126. The highest BCUT2D eigenvalue weighted by molar-refractivity contribution is 7.89. The van der Waals surface area contributed by atoms with Crippen molar-refractivity contribution in [3.8, 4) is 5.75 Å². The first-order valence-corrected chi connectivity index (χ1v) is 10.6. The largest absolute Gasteiger partial charge is 0.494 e. The minimum absolute atomic E-state index is 0.0271. The van der Waals surface area contributed by atoms with Crippen molar-refractivity contribution in [3.05, 3.63) is 24.3 Å². The second-order valence-corrected chi connectivity index (χ2v) is 8.27. The second-order valence-electron chi connectivity index (χ2n) is 6.33. The van der Waals surface area contributed by atoms with Crippen LogP contribution in [0, 0.1) is 5.92 Å². The van der Waals surface area contributed by atoms with Gasteiger partial charge >= 0.3 is 0 Å². The van der Waals surface area contributed by atoms with Gasteiger partial charge in [0, 0.05) is 25.6 Å². The van der Waals surface area contributed by atoms with Gasteiger partial charge in [-0.3, -0.25) is 4.79 Å². The molecular weight excluding hydrogens is 354 g/mol. The molecule has 0 radical (unpaired) electrons. The Kier molecular flexibility index (Phi) is 7.86. The summed E-state index contributed by atoms with van der Waals surface area (Å²) in [6.07, 6.45) is 1.98. The van der Waals surface area contributed by atoms with E-state index >= 15 is 0 Å². The van der Waals surface area contributed by atoms with E-state index in [0.29, 0.717) is 44.8 Å². The van der Waals surface area contributed by atoms with E-state index < -0.39 is 10.0 Å². The van der Waals surface area contributed by atoms with Gasteiger partial charge in [-0.15, -0.1) is 0 Å². The summed E-state index contributed by atoms with van der Waals surface area (Å²) in [5.41, 5.74) is 0. The van der Waals surface area contributed by atoms with Crippen molar-refractivity contribution >= 4 is 15.9 Å². The highest BCUT2D eigenvalue weighted by Gasteiger charge is 2.31. The molecule has 0 aliphatic carbocycles. The van der Waals surface area contributed by atoms with Crippen molar-refractivity contribution in [1.82, 2.24) is 14.9 Å². The summed E-state index contributed by atoms with van der Waals surface area (Å²) in [5.74, 6) is 0.565. The van der Waals surface area contributed by atoms with Crippen LogP contribution in [0.1, 0.15) is 26.2 Å². The van der Waals surface area contributed by atoms with Crippen LogP contribution in [0.3, 0.4) is 0 Å². The molecule has 1 heterocycles. The number of rotatable bonds is 9. The van der Waals surface area contributed by atoms with E-state index in [1.54, 1.807) is 24.3 Å². The predicted octanol–water partition coefficient (Wildman–Crippen LogP) is 1.21. The number of hydrogen-bond donors (Lipinski definition) is 2. The average molecular weight is 384 g/mol. The van der Waals surface area contributed by atoms with Crippen LogP contribution in [-0.4, -0.2) is 58.5 Å². The van der Waals surface area contributed by atoms with E-state index in [1.165, 1.54) is 4.31 Å². The number of carbonyl (C=O) groups is 1. The summed E-state index contributed by atoms with van der Waals surface area (Å²) in [6.45, 7) is 4.65. The molecule has 2 N–H and O–H groups in total. The third-order valence-corrected chi connectivity index (χ3v) is 6.41. The Morgan fingerprint density at radius 1 is 1.19 bits per heavy atom. The number of sulfonamides is 1. The van der Waals surface area contributed by atoms with Crippen molar-refractivity contribution in [2.24, 2.45) is 5.92 Å². The first-order valence-electron chi connectivity index (χ1n) is 9.14. The Morgan fingerprint density at radius 3 is 2.42 bits per heavy atom. The molecule has 0 aromatic heterocycles. The van der Waals surface area contributed by atoms with Crippen LogP contribution in [0.25, 0.3) is 0 Å². The third kappa shape index (κ3) is 5.43. The lowest BCUT2D eigenvalue weighted by Crippen LogP contribution is -2.43. The van der Waals surface area contributed by atoms with Gasteiger partial charge in [0.25, 0.3) is 0 Å². The fourth-order valence-corrected chi connectivity index (χ4v) is 4.47. The maximum atomic E-state index is 12.8. The molecule has 0 spiro atoms. The minimum atomic E-state index is -3.53. The number of benzene rings is 1. The molecule has 1 aliphatic heterocycles. The molecule has 1 aliphatic rings. The molecule has 26 heavy (non-hydrogen) atoms. The smallest absolute Gasteiger partial charge is 0.243 e. The lowest BCUT2D eigenvalue weighted by atomic mass is 9.97. The summed E-state index contributed by atoms with van der Waals surface area (Å²) >= 11 is 0. The number of nitrogens with one attached hydrogen (secondary N) is 2. The zero-order valence-electron chi connectivity index (χ0n) is 15.5. The normalized spacial score (nSPS) is 16.4. The molecule has 1 fully saturated rings. The Labute approximate surface area is 156 Å². The topological polar surface area (TPSA) is 87.7 Å². The first kappa shape index (κ1) is 20.7. The molecule has 2 rings (SSSR count). The quantitative estimate of drug-likeness (QED) is 0.626. The fourth-order valence-electron chi connectivity index (χ4n) is 3.00. The summed E-state index contributed by atoms with van der Waals surface area (Å²) in [5, 5.41) is 5.97. The van der Waals surface area contributed by atoms with Crippen molar-refractivity contribution in [2.45, 2.75) is 31.1 Å². The van der Waals surface area contributed by atoms with E-state index in [9.17, 15) is 13.2 Å². The van der Waals surface area contributed by atoms with Gasteiger partial charge < -0.3 is 15.4 Å². The molecule has 1 saturated heterocycles. The Hall–Kier alpha value is -1.64. The molecule has 1 aromatic rings.